The molecule has 0 aliphatic carbocycles. The first-order valence-electron chi connectivity index (χ1n) is 19.3. The number of fused-ring (bicyclic) bond motifs is 1. The summed E-state index contributed by atoms with van der Waals surface area (Å²) >= 11 is 0. The zero-order valence-corrected chi connectivity index (χ0v) is 32.5. The van der Waals surface area contributed by atoms with E-state index in [0.29, 0.717) is 11.3 Å². The fourth-order valence-corrected chi connectivity index (χ4v) is 7.17. The van der Waals surface area contributed by atoms with Crippen molar-refractivity contribution in [1.29, 1.82) is 0 Å². The Morgan fingerprint density at radius 3 is 2.10 bits per heavy atom. The summed E-state index contributed by atoms with van der Waals surface area (Å²) in [5.41, 5.74) is 8.45. The molecule has 0 saturated carbocycles. The first-order valence-corrected chi connectivity index (χ1v) is 19.3. The van der Waals surface area contributed by atoms with Crippen molar-refractivity contribution in [3.8, 4) is 11.5 Å². The van der Waals surface area contributed by atoms with Gasteiger partial charge in [-0.1, -0.05) is 67.6 Å². The molecule has 11 unspecified atom stereocenters. The molecule has 2 aliphatic heterocycles. The van der Waals surface area contributed by atoms with Crippen LogP contribution >= 0.6 is 0 Å². The maximum absolute atomic E-state index is 12.9. The first kappa shape index (κ1) is 44.0. The van der Waals surface area contributed by atoms with Gasteiger partial charge in [-0.2, -0.15) is 0 Å². The van der Waals surface area contributed by atoms with Crippen LogP contribution in [-0.4, -0.2) is 137 Å². The summed E-state index contributed by atoms with van der Waals surface area (Å²) < 4.78 is 34.4. The number of aliphatic hydroxyl groups excluding tert-OH is 6. The molecule has 0 aromatic heterocycles. The van der Waals surface area contributed by atoms with Gasteiger partial charge in [0.25, 0.3) is 0 Å². The Morgan fingerprint density at radius 2 is 1.42 bits per heavy atom. The van der Waals surface area contributed by atoms with Crippen molar-refractivity contribution in [3.05, 3.63) is 108 Å². The highest BCUT2D eigenvalue weighted by molar-refractivity contribution is 5.85. The Labute approximate surface area is 341 Å². The molecule has 1 radical (unpaired) electrons. The normalized spacial score (nSPS) is 28.6. The van der Waals surface area contributed by atoms with Crippen molar-refractivity contribution in [2.45, 2.75) is 99.4 Å². The van der Waals surface area contributed by atoms with Crippen molar-refractivity contribution in [1.82, 2.24) is 5.32 Å². The number of rotatable bonds is 17. The molecule has 2 heterocycles. The van der Waals surface area contributed by atoms with E-state index >= 15 is 0 Å². The number of carbonyl (C=O) groups excluding carboxylic acids is 2. The second kappa shape index (κ2) is 20.1. The molecule has 0 bridgehead atoms. The number of nitrogens with two attached hydrogens (primary N) is 1. The highest BCUT2D eigenvalue weighted by Gasteiger charge is 2.51. The molecule has 2 saturated heterocycles. The van der Waals surface area contributed by atoms with Gasteiger partial charge in [-0.25, -0.2) is 0 Å². The molecule has 317 valence electrons. The molecule has 16 nitrogen and oxygen atoms in total. The van der Waals surface area contributed by atoms with Gasteiger partial charge in [-0.15, -0.1) is 0 Å². The molecule has 1 amide bonds. The minimum absolute atomic E-state index is 0.0331. The van der Waals surface area contributed by atoms with Gasteiger partial charge < -0.3 is 70.1 Å². The summed E-state index contributed by atoms with van der Waals surface area (Å²) in [6.07, 6.45) is -13.1. The molecule has 9 N–H and O–H groups in total. The van der Waals surface area contributed by atoms with Crippen molar-refractivity contribution in [3.63, 3.8) is 0 Å². The van der Waals surface area contributed by atoms with Crippen LogP contribution in [0.5, 0.6) is 11.5 Å². The van der Waals surface area contributed by atoms with E-state index in [1.54, 1.807) is 19.2 Å². The van der Waals surface area contributed by atoms with Crippen LogP contribution in [0.25, 0.3) is 10.8 Å². The molecule has 16 heteroatoms. The molecular formula is C43H51N2O14. The zero-order valence-electron chi connectivity index (χ0n) is 32.5. The van der Waals surface area contributed by atoms with Gasteiger partial charge in [-0.05, 0) is 57.8 Å². The summed E-state index contributed by atoms with van der Waals surface area (Å²) in [6, 6.07) is 24.9. The Kier molecular flexibility index (Phi) is 15.0. The molecular weight excluding hydrogens is 768 g/mol. The van der Waals surface area contributed by atoms with Gasteiger partial charge in [0.05, 0.1) is 39.0 Å². The van der Waals surface area contributed by atoms with Crippen LogP contribution < -0.4 is 20.5 Å². The topological polar surface area (TPSA) is 249 Å². The number of benzene rings is 4. The molecule has 4 aromatic carbocycles. The fourth-order valence-electron chi connectivity index (χ4n) is 7.17. The average Bonchev–Trinajstić information content (AvgIpc) is 3.26. The van der Waals surface area contributed by atoms with Crippen molar-refractivity contribution >= 4 is 23.0 Å². The third kappa shape index (κ3) is 10.4. The summed E-state index contributed by atoms with van der Waals surface area (Å²) in [5, 5.41) is 69.2. The molecule has 2 fully saturated rings. The lowest BCUT2D eigenvalue weighted by Gasteiger charge is -2.46. The second-order valence-electron chi connectivity index (χ2n) is 14.7. The second-order valence-corrected chi connectivity index (χ2v) is 14.7. The van der Waals surface area contributed by atoms with Gasteiger partial charge >= 0.3 is 0 Å². The van der Waals surface area contributed by atoms with Crippen LogP contribution in [0.15, 0.2) is 91.0 Å². The summed E-state index contributed by atoms with van der Waals surface area (Å²) in [6.45, 7) is 0.418. The van der Waals surface area contributed by atoms with Gasteiger partial charge in [0.2, 0.25) is 18.5 Å². The quantitative estimate of drug-likeness (QED) is 0.0716. The zero-order chi connectivity index (χ0) is 42.2. The summed E-state index contributed by atoms with van der Waals surface area (Å²) in [7, 11) is 1.58. The smallest absolute Gasteiger partial charge is 0.238 e. The van der Waals surface area contributed by atoms with Gasteiger partial charge in [-0.3, -0.25) is 9.59 Å². The number of nitrogens with one attached hydrogen (secondary N) is 1. The predicted octanol–water partition coefficient (Wildman–Crippen LogP) is 0.344. The Bertz CT molecular complexity index is 1970. The SMILES string of the molecule is COc1ccc2cc(COC3C(O)C(CO)OC(OC4C(CO)OC(Oc5ccc(C[C@@H]([C]=O)NC(=O)[C@@H](N)C(C)c6ccccc6)cc5)C(O)C4O)C3O)ccc2c1. The van der Waals surface area contributed by atoms with E-state index in [-0.39, 0.29) is 24.7 Å². The lowest BCUT2D eigenvalue weighted by atomic mass is 9.93. The van der Waals surface area contributed by atoms with E-state index in [9.17, 15) is 40.2 Å². The van der Waals surface area contributed by atoms with Crippen molar-refractivity contribution < 1.29 is 68.6 Å². The third-order valence-corrected chi connectivity index (χ3v) is 10.7. The standard InChI is InChI=1S/C43H51N2O14/c1-23(26-6-4-3-5-7-26)34(44)41(53)45-29(19-46)17-24-9-13-30(14-10-24)56-42-37(51)36(50)39(33(21-48)58-42)59-43-38(52)40(35(49)32(20-47)57-43)55-22-25-8-11-28-18-31(54-2)15-12-27(28)16-25/h3-16,18,23,29,32-40,42-43,47-52H,17,20-22,44H2,1-2H3,(H,45,53)/t23?,29-,32?,33?,34-,35?,36?,37?,38?,39?,40?,42?,43?/m0/s1. The van der Waals surface area contributed by atoms with Crippen molar-refractivity contribution in [2.75, 3.05) is 20.3 Å². The predicted molar refractivity (Wildman–Crippen MR) is 211 cm³/mol. The number of hydrogen-bond acceptors (Lipinski definition) is 15. The number of methoxy groups -OCH3 is 1. The number of hydrogen-bond donors (Lipinski definition) is 8. The number of aliphatic hydroxyl groups is 6. The highest BCUT2D eigenvalue weighted by Crippen LogP contribution is 2.32. The molecule has 13 atom stereocenters. The highest BCUT2D eigenvalue weighted by atomic mass is 16.7. The number of amides is 1. The van der Waals surface area contributed by atoms with E-state index in [1.165, 1.54) is 12.1 Å². The number of ether oxygens (including phenoxy) is 6. The monoisotopic (exact) mass is 819 g/mol. The minimum atomic E-state index is -1.74. The van der Waals surface area contributed by atoms with Crippen molar-refractivity contribution in [2.24, 2.45) is 5.73 Å². The van der Waals surface area contributed by atoms with E-state index in [0.717, 1.165) is 21.9 Å². The van der Waals surface area contributed by atoms with E-state index < -0.39 is 92.6 Å². The maximum Gasteiger partial charge on any atom is 0.238 e. The Morgan fingerprint density at radius 1 is 0.780 bits per heavy atom. The lowest BCUT2D eigenvalue weighted by molar-refractivity contribution is -0.355. The van der Waals surface area contributed by atoms with Crippen LogP contribution in [-0.2, 0) is 41.6 Å². The summed E-state index contributed by atoms with van der Waals surface area (Å²) in [5.74, 6) is 0.108. The van der Waals surface area contributed by atoms with Crippen LogP contribution in [0.3, 0.4) is 0 Å². The van der Waals surface area contributed by atoms with Crippen LogP contribution in [0.4, 0.5) is 0 Å². The maximum atomic E-state index is 12.9. The first-order chi connectivity index (χ1) is 28.4. The van der Waals surface area contributed by atoms with E-state index in [1.807, 2.05) is 79.9 Å². The van der Waals surface area contributed by atoms with E-state index in [4.69, 9.17) is 34.2 Å². The Balaban J connectivity index is 1.04. The van der Waals surface area contributed by atoms with Crippen LogP contribution in [0.2, 0.25) is 0 Å². The molecule has 59 heavy (non-hydrogen) atoms. The molecule has 2 aliphatic rings. The fraction of sp³-hybridized carbons (Fsp3) is 0.442. The van der Waals surface area contributed by atoms with Gasteiger partial charge in [0.15, 0.2) is 6.29 Å². The van der Waals surface area contributed by atoms with Crippen LogP contribution in [0, 0.1) is 0 Å². The third-order valence-electron chi connectivity index (χ3n) is 10.7. The van der Waals surface area contributed by atoms with E-state index in [2.05, 4.69) is 5.32 Å². The molecule has 4 aromatic rings. The minimum Gasteiger partial charge on any atom is -0.497 e. The number of carbonyl (C=O) groups is 1. The largest absolute Gasteiger partial charge is 0.497 e. The Hall–Kier alpha value is -4.56. The lowest BCUT2D eigenvalue weighted by Crippen LogP contribution is -2.65. The van der Waals surface area contributed by atoms with Gasteiger partial charge in [0.1, 0.15) is 60.3 Å². The average molecular weight is 820 g/mol. The molecule has 0 spiro atoms. The van der Waals surface area contributed by atoms with Gasteiger partial charge in [0, 0.05) is 12.3 Å². The van der Waals surface area contributed by atoms with Crippen LogP contribution in [0.1, 0.15) is 29.5 Å². The summed E-state index contributed by atoms with van der Waals surface area (Å²) in [4.78, 5) is 24.6. The molecule has 6 rings (SSSR count).